The van der Waals surface area contributed by atoms with Crippen molar-refractivity contribution in [3.63, 3.8) is 0 Å². The van der Waals surface area contributed by atoms with Gasteiger partial charge in [-0.05, 0) is 27.9 Å². The zero-order valence-electron chi connectivity index (χ0n) is 9.50. The maximum Gasteiger partial charge on any atom is 0.172 e. The molecule has 0 aromatic carbocycles. The lowest BCUT2D eigenvalue weighted by Crippen LogP contribution is -2.58. The number of nitrogens with zero attached hydrogens (tertiary/aromatic N) is 2. The van der Waals surface area contributed by atoms with Gasteiger partial charge in [-0.2, -0.15) is 0 Å². The first kappa shape index (κ1) is 11.6. The number of hydrogen-bond acceptors (Lipinski definition) is 3. The second-order valence-electron chi connectivity index (χ2n) is 4.44. The summed E-state index contributed by atoms with van der Waals surface area (Å²) in [6, 6.07) is -0.166. The van der Waals surface area contributed by atoms with E-state index in [9.17, 15) is 4.79 Å². The van der Waals surface area contributed by atoms with Gasteiger partial charge in [-0.3, -0.25) is 9.69 Å². The number of Topliss-reactive ketones (excluding diaryl/α,β-unsaturated/α-hetero) is 1. The lowest BCUT2D eigenvalue weighted by atomic mass is 9.91. The number of hydrogen-bond donors (Lipinski definition) is 1. The van der Waals surface area contributed by atoms with Gasteiger partial charge in [-0.15, -0.1) is 0 Å². The Morgan fingerprint density at radius 3 is 2.57 bits per heavy atom. The van der Waals surface area contributed by atoms with E-state index in [2.05, 4.69) is 10.6 Å². The summed E-state index contributed by atoms with van der Waals surface area (Å²) in [7, 11) is 3.85. The molecule has 4 heteroatoms. The maximum atomic E-state index is 12.1. The molecule has 4 nitrogen and oxygen atoms in total. The monoisotopic (exact) mass is 198 g/mol. The van der Waals surface area contributed by atoms with Crippen LogP contribution in [0.1, 0.15) is 13.8 Å². The first-order valence-corrected chi connectivity index (χ1v) is 5.05. The van der Waals surface area contributed by atoms with Crippen LogP contribution in [-0.4, -0.2) is 56.0 Å². The summed E-state index contributed by atoms with van der Waals surface area (Å²) >= 11 is 0. The van der Waals surface area contributed by atoms with Crippen LogP contribution in [0.2, 0.25) is 0 Å². The van der Waals surface area contributed by atoms with Gasteiger partial charge in [-0.1, -0.05) is 0 Å². The highest BCUT2D eigenvalue weighted by atomic mass is 16.1. The zero-order chi connectivity index (χ0) is 10.8. The van der Waals surface area contributed by atoms with Gasteiger partial charge in [0.25, 0.3) is 0 Å². The van der Waals surface area contributed by atoms with Crippen LogP contribution in [0, 0.1) is 0 Å². The number of rotatable bonds is 3. The Kier molecular flexibility index (Phi) is 3.64. The van der Waals surface area contributed by atoms with E-state index in [1.54, 1.807) is 0 Å². The molecule has 1 saturated heterocycles. The van der Waals surface area contributed by atoms with Crippen molar-refractivity contribution in [2.45, 2.75) is 25.4 Å². The largest absolute Gasteiger partial charge is 0.313 e. The van der Waals surface area contributed by atoms with E-state index >= 15 is 0 Å². The smallest absolute Gasteiger partial charge is 0.172 e. The van der Waals surface area contributed by atoms with Gasteiger partial charge in [0.05, 0.1) is 11.6 Å². The summed E-state index contributed by atoms with van der Waals surface area (Å²) in [4.78, 5) is 14.0. The minimum absolute atomic E-state index is 0.166. The third-order valence-corrected chi connectivity index (χ3v) is 3.00. The average Bonchev–Trinajstić information content (AvgIpc) is 2.17. The molecular weight excluding hydrogens is 178 g/mol. The fourth-order valence-corrected chi connectivity index (χ4v) is 1.41. The van der Waals surface area contributed by atoms with Gasteiger partial charge in [0.15, 0.2) is 5.78 Å². The van der Waals surface area contributed by atoms with Crippen LogP contribution in [0.4, 0.5) is 0 Å². The summed E-state index contributed by atoms with van der Waals surface area (Å²) in [6.07, 6.45) is 0. The van der Waals surface area contributed by atoms with Crippen molar-refractivity contribution in [2.24, 2.45) is 0 Å². The van der Waals surface area contributed by atoms with E-state index in [1.807, 2.05) is 32.8 Å². The Hall–Kier alpha value is -0.450. The van der Waals surface area contributed by atoms with Gasteiger partial charge in [0.2, 0.25) is 0 Å². The third kappa shape index (κ3) is 2.32. The predicted molar refractivity (Wildman–Crippen MR) is 56.4 cm³/mol. The van der Waals surface area contributed by atoms with Crippen molar-refractivity contribution >= 4 is 5.78 Å². The van der Waals surface area contributed by atoms with E-state index < -0.39 is 5.54 Å². The molecule has 1 atom stereocenters. The van der Waals surface area contributed by atoms with E-state index in [1.165, 1.54) is 0 Å². The van der Waals surface area contributed by atoms with Crippen LogP contribution in [0.25, 0.3) is 0 Å². The van der Waals surface area contributed by atoms with Gasteiger partial charge in [0, 0.05) is 19.6 Å². The molecule has 1 aliphatic rings. The van der Waals surface area contributed by atoms with Gasteiger partial charge in [0.1, 0.15) is 0 Å². The van der Waals surface area contributed by atoms with Crippen LogP contribution < -0.4 is 10.6 Å². The quantitative estimate of drug-likeness (QED) is 0.663. The Morgan fingerprint density at radius 1 is 1.50 bits per heavy atom. The molecule has 1 heterocycles. The lowest BCUT2D eigenvalue weighted by Gasteiger charge is -2.35. The molecule has 1 radical (unpaired) electrons. The molecule has 1 fully saturated rings. The number of carbonyl (C=O) groups is 1. The molecule has 14 heavy (non-hydrogen) atoms. The van der Waals surface area contributed by atoms with E-state index in [-0.39, 0.29) is 11.8 Å². The predicted octanol–water partition coefficient (Wildman–Crippen LogP) is -0.528. The van der Waals surface area contributed by atoms with E-state index in [4.69, 9.17) is 0 Å². The van der Waals surface area contributed by atoms with Crippen LogP contribution in [0.15, 0.2) is 0 Å². The normalized spacial score (nSPS) is 23.9. The molecule has 1 unspecified atom stereocenters. The lowest BCUT2D eigenvalue weighted by molar-refractivity contribution is -0.130. The highest BCUT2D eigenvalue weighted by molar-refractivity contribution is 5.92. The van der Waals surface area contributed by atoms with Crippen molar-refractivity contribution in [2.75, 3.05) is 33.7 Å². The molecule has 0 aromatic heterocycles. The van der Waals surface area contributed by atoms with Crippen molar-refractivity contribution in [1.82, 2.24) is 15.5 Å². The Morgan fingerprint density at radius 2 is 2.14 bits per heavy atom. The molecule has 81 valence electrons. The molecule has 0 bridgehead atoms. The summed E-state index contributed by atoms with van der Waals surface area (Å²) in [5, 5.41) is 7.53. The molecule has 0 saturated carbocycles. The van der Waals surface area contributed by atoms with Gasteiger partial charge >= 0.3 is 0 Å². The number of piperazine rings is 1. The molecule has 0 aromatic rings. The minimum atomic E-state index is -0.423. The van der Waals surface area contributed by atoms with E-state index in [0.717, 1.165) is 13.1 Å². The molecule has 0 aliphatic carbocycles. The van der Waals surface area contributed by atoms with Gasteiger partial charge < -0.3 is 5.32 Å². The number of likely N-dealkylation sites (N-methyl/N-ethyl adjacent to an activating group) is 1. The Balaban J connectivity index is 2.63. The molecular formula is C10H20N3O. The number of carbonyl (C=O) groups excluding carboxylic acids is 1. The summed E-state index contributed by atoms with van der Waals surface area (Å²) < 4.78 is 0. The Bertz CT molecular complexity index is 207. The molecule has 1 N–H and O–H groups in total. The zero-order valence-corrected chi connectivity index (χ0v) is 9.50. The summed E-state index contributed by atoms with van der Waals surface area (Å²) in [5.74, 6) is 0.203. The highest BCUT2D eigenvalue weighted by Crippen LogP contribution is 2.14. The first-order chi connectivity index (χ1) is 6.46. The van der Waals surface area contributed by atoms with Gasteiger partial charge in [-0.25, -0.2) is 5.32 Å². The van der Waals surface area contributed by atoms with Crippen LogP contribution in [0.5, 0.6) is 0 Å². The fourth-order valence-electron chi connectivity index (χ4n) is 1.41. The van der Waals surface area contributed by atoms with Crippen LogP contribution >= 0.6 is 0 Å². The Labute approximate surface area is 86.0 Å². The molecule has 0 amide bonds. The molecule has 0 spiro atoms. The van der Waals surface area contributed by atoms with Crippen LogP contribution in [-0.2, 0) is 4.79 Å². The summed E-state index contributed by atoms with van der Waals surface area (Å²) in [6.45, 7) is 6.22. The SMILES string of the molecule is CN(C)C(C)(C)C(=O)C1CNCC[N]1. The number of nitrogens with one attached hydrogen (secondary N) is 1. The number of ketones is 1. The van der Waals surface area contributed by atoms with E-state index in [0.29, 0.717) is 6.54 Å². The van der Waals surface area contributed by atoms with Crippen LogP contribution in [0.3, 0.4) is 0 Å². The second kappa shape index (κ2) is 4.38. The van der Waals surface area contributed by atoms with Crippen molar-refractivity contribution in [3.05, 3.63) is 0 Å². The maximum absolute atomic E-state index is 12.1. The molecule has 1 aliphatic heterocycles. The first-order valence-electron chi connectivity index (χ1n) is 5.05. The standard InChI is InChI=1S/C10H20N3O/c1-10(2,13(3)4)9(14)8-7-11-5-6-12-8/h8,11H,5-7H2,1-4H3. The topological polar surface area (TPSA) is 46.4 Å². The highest BCUT2D eigenvalue weighted by Gasteiger charge is 2.36. The summed E-state index contributed by atoms with van der Waals surface area (Å²) in [5.41, 5.74) is -0.423. The fraction of sp³-hybridized carbons (Fsp3) is 0.900. The molecule has 1 rings (SSSR count). The second-order valence-corrected chi connectivity index (χ2v) is 4.44. The average molecular weight is 198 g/mol. The van der Waals surface area contributed by atoms with Crippen molar-refractivity contribution in [3.8, 4) is 0 Å². The van der Waals surface area contributed by atoms with Crippen molar-refractivity contribution in [1.29, 1.82) is 0 Å². The third-order valence-electron chi connectivity index (χ3n) is 3.00. The minimum Gasteiger partial charge on any atom is -0.313 e. The van der Waals surface area contributed by atoms with Crippen molar-refractivity contribution < 1.29 is 4.79 Å².